The van der Waals surface area contributed by atoms with Crippen molar-refractivity contribution in [2.75, 3.05) is 0 Å². The normalized spacial score (nSPS) is 29.5. The van der Waals surface area contributed by atoms with Gasteiger partial charge in [-0.3, -0.25) is 0 Å². The largest absolute Gasteiger partial charge is 0.338 e. The Labute approximate surface area is 77.6 Å². The standard InChI is InChI=1S/C9H13ClN2/c1-12-5-4-11-9(12)7-2-3-8(10)6-7/h4-5,7-8H,2-3,6H2,1H3. The topological polar surface area (TPSA) is 17.8 Å². The molecule has 0 amide bonds. The molecule has 3 heteroatoms. The van der Waals surface area contributed by atoms with Crippen molar-refractivity contribution in [2.45, 2.75) is 30.6 Å². The average Bonchev–Trinajstić information content (AvgIpc) is 2.58. The predicted molar refractivity (Wildman–Crippen MR) is 49.4 cm³/mol. The van der Waals surface area contributed by atoms with E-state index in [1.54, 1.807) is 0 Å². The first kappa shape index (κ1) is 8.11. The molecule has 1 saturated carbocycles. The van der Waals surface area contributed by atoms with Crippen LogP contribution in [0.4, 0.5) is 0 Å². The number of hydrogen-bond donors (Lipinski definition) is 0. The van der Waals surface area contributed by atoms with Gasteiger partial charge in [-0.15, -0.1) is 11.6 Å². The summed E-state index contributed by atoms with van der Waals surface area (Å²) in [6.07, 6.45) is 7.28. The number of imidazole rings is 1. The summed E-state index contributed by atoms with van der Waals surface area (Å²) in [4.78, 5) is 4.34. The lowest BCUT2D eigenvalue weighted by Crippen LogP contribution is -2.02. The van der Waals surface area contributed by atoms with Crippen molar-refractivity contribution in [3.8, 4) is 0 Å². The molecule has 0 radical (unpaired) electrons. The van der Waals surface area contributed by atoms with E-state index in [4.69, 9.17) is 11.6 Å². The van der Waals surface area contributed by atoms with Gasteiger partial charge in [-0.2, -0.15) is 0 Å². The van der Waals surface area contributed by atoms with Crippen LogP contribution in [-0.2, 0) is 7.05 Å². The van der Waals surface area contributed by atoms with Crippen LogP contribution in [0.25, 0.3) is 0 Å². The molecule has 2 unspecified atom stereocenters. The molecule has 1 fully saturated rings. The molecule has 2 atom stereocenters. The third-order valence-electron chi connectivity index (χ3n) is 2.59. The molecular formula is C9H13ClN2. The van der Waals surface area contributed by atoms with E-state index < -0.39 is 0 Å². The molecule has 0 spiro atoms. The lowest BCUT2D eigenvalue weighted by molar-refractivity contribution is 0.633. The van der Waals surface area contributed by atoms with Gasteiger partial charge in [0, 0.05) is 30.7 Å². The first-order chi connectivity index (χ1) is 5.77. The molecule has 0 aliphatic heterocycles. The third kappa shape index (κ3) is 1.36. The summed E-state index contributed by atoms with van der Waals surface area (Å²) in [6.45, 7) is 0. The van der Waals surface area contributed by atoms with Crippen molar-refractivity contribution in [3.63, 3.8) is 0 Å². The fourth-order valence-corrected chi connectivity index (χ4v) is 2.27. The quantitative estimate of drug-likeness (QED) is 0.613. The molecule has 1 aliphatic rings. The first-order valence-electron chi connectivity index (χ1n) is 4.38. The van der Waals surface area contributed by atoms with Crippen LogP contribution in [0.15, 0.2) is 12.4 Å². The Morgan fingerprint density at radius 2 is 2.42 bits per heavy atom. The molecule has 1 aromatic heterocycles. The van der Waals surface area contributed by atoms with Gasteiger partial charge in [0.1, 0.15) is 5.82 Å². The SMILES string of the molecule is Cn1ccnc1C1CCC(Cl)C1. The minimum Gasteiger partial charge on any atom is -0.338 e. The molecular weight excluding hydrogens is 172 g/mol. The Hall–Kier alpha value is -0.500. The zero-order chi connectivity index (χ0) is 8.55. The molecule has 1 aliphatic carbocycles. The number of aryl methyl sites for hydroxylation is 1. The van der Waals surface area contributed by atoms with Crippen molar-refractivity contribution in [1.29, 1.82) is 0 Å². The van der Waals surface area contributed by atoms with Crippen LogP contribution in [-0.4, -0.2) is 14.9 Å². The van der Waals surface area contributed by atoms with Gasteiger partial charge in [0.2, 0.25) is 0 Å². The van der Waals surface area contributed by atoms with Gasteiger partial charge in [0.05, 0.1) is 0 Å². The molecule has 12 heavy (non-hydrogen) atoms. The van der Waals surface area contributed by atoms with Crippen LogP contribution < -0.4 is 0 Å². The van der Waals surface area contributed by atoms with Crippen LogP contribution in [0.1, 0.15) is 31.0 Å². The number of rotatable bonds is 1. The third-order valence-corrected chi connectivity index (χ3v) is 2.99. The van der Waals surface area contributed by atoms with E-state index >= 15 is 0 Å². The van der Waals surface area contributed by atoms with Gasteiger partial charge in [-0.25, -0.2) is 4.98 Å². The van der Waals surface area contributed by atoms with E-state index in [2.05, 4.69) is 9.55 Å². The summed E-state index contributed by atoms with van der Waals surface area (Å²) in [5.74, 6) is 1.78. The minimum absolute atomic E-state index is 0.367. The number of nitrogens with zero attached hydrogens (tertiary/aromatic N) is 2. The lowest BCUT2D eigenvalue weighted by atomic mass is 10.1. The smallest absolute Gasteiger partial charge is 0.111 e. The highest BCUT2D eigenvalue weighted by Crippen LogP contribution is 2.35. The highest BCUT2D eigenvalue weighted by molar-refractivity contribution is 6.20. The van der Waals surface area contributed by atoms with Crippen molar-refractivity contribution in [1.82, 2.24) is 9.55 Å². The van der Waals surface area contributed by atoms with Gasteiger partial charge >= 0.3 is 0 Å². The number of alkyl halides is 1. The van der Waals surface area contributed by atoms with Crippen molar-refractivity contribution >= 4 is 11.6 Å². The van der Waals surface area contributed by atoms with Crippen molar-refractivity contribution in [3.05, 3.63) is 18.2 Å². The number of aromatic nitrogens is 2. The first-order valence-corrected chi connectivity index (χ1v) is 4.82. The monoisotopic (exact) mass is 184 g/mol. The molecule has 0 aromatic carbocycles. The Morgan fingerprint density at radius 3 is 2.92 bits per heavy atom. The van der Waals surface area contributed by atoms with E-state index in [9.17, 15) is 0 Å². The van der Waals surface area contributed by atoms with Crippen molar-refractivity contribution in [2.24, 2.45) is 7.05 Å². The van der Waals surface area contributed by atoms with Crippen LogP contribution in [0.3, 0.4) is 0 Å². The maximum atomic E-state index is 6.04. The Bertz CT molecular complexity index is 269. The summed E-state index contributed by atoms with van der Waals surface area (Å²) >= 11 is 6.04. The lowest BCUT2D eigenvalue weighted by Gasteiger charge is -2.08. The van der Waals surface area contributed by atoms with Crippen LogP contribution in [0.2, 0.25) is 0 Å². The van der Waals surface area contributed by atoms with E-state index in [1.807, 2.05) is 19.4 Å². The average molecular weight is 185 g/mol. The molecule has 1 aromatic rings. The predicted octanol–water partition coefficient (Wildman–Crippen LogP) is 2.29. The van der Waals surface area contributed by atoms with E-state index in [0.29, 0.717) is 11.3 Å². The summed E-state index contributed by atoms with van der Waals surface area (Å²) in [5.41, 5.74) is 0. The maximum Gasteiger partial charge on any atom is 0.111 e. The molecule has 0 N–H and O–H groups in total. The summed E-state index contributed by atoms with van der Waals surface area (Å²) in [5, 5.41) is 0.367. The Kier molecular flexibility index (Phi) is 2.09. The van der Waals surface area contributed by atoms with E-state index in [1.165, 1.54) is 12.2 Å². The van der Waals surface area contributed by atoms with E-state index in [0.717, 1.165) is 12.8 Å². The molecule has 0 bridgehead atoms. The number of hydrogen-bond acceptors (Lipinski definition) is 1. The highest BCUT2D eigenvalue weighted by Gasteiger charge is 2.26. The summed E-state index contributed by atoms with van der Waals surface area (Å²) in [6, 6.07) is 0. The fraction of sp³-hybridized carbons (Fsp3) is 0.667. The molecule has 66 valence electrons. The Morgan fingerprint density at radius 1 is 1.58 bits per heavy atom. The molecule has 2 rings (SSSR count). The van der Waals surface area contributed by atoms with E-state index in [-0.39, 0.29) is 0 Å². The van der Waals surface area contributed by atoms with Gasteiger partial charge in [-0.1, -0.05) is 0 Å². The van der Waals surface area contributed by atoms with Gasteiger partial charge < -0.3 is 4.57 Å². The van der Waals surface area contributed by atoms with Crippen LogP contribution in [0.5, 0.6) is 0 Å². The zero-order valence-electron chi connectivity index (χ0n) is 7.20. The van der Waals surface area contributed by atoms with Gasteiger partial charge in [0.25, 0.3) is 0 Å². The van der Waals surface area contributed by atoms with Crippen LogP contribution >= 0.6 is 11.6 Å². The maximum absolute atomic E-state index is 6.04. The minimum atomic E-state index is 0.367. The van der Waals surface area contributed by atoms with Crippen molar-refractivity contribution < 1.29 is 0 Å². The van der Waals surface area contributed by atoms with Gasteiger partial charge in [0.15, 0.2) is 0 Å². The molecule has 0 saturated heterocycles. The van der Waals surface area contributed by atoms with Gasteiger partial charge in [-0.05, 0) is 19.3 Å². The fourth-order valence-electron chi connectivity index (χ4n) is 1.93. The molecule has 1 heterocycles. The van der Waals surface area contributed by atoms with Crippen LogP contribution in [0, 0.1) is 0 Å². The second kappa shape index (κ2) is 3.09. The second-order valence-corrected chi connectivity index (χ2v) is 4.12. The summed E-state index contributed by atoms with van der Waals surface area (Å²) < 4.78 is 2.10. The molecule has 2 nitrogen and oxygen atoms in total. The highest BCUT2D eigenvalue weighted by atomic mass is 35.5. The zero-order valence-corrected chi connectivity index (χ0v) is 7.96. The Balaban J connectivity index is 2.16. The summed E-state index contributed by atoms with van der Waals surface area (Å²) in [7, 11) is 2.05. The number of halogens is 1. The second-order valence-electron chi connectivity index (χ2n) is 3.50.